The van der Waals surface area contributed by atoms with Crippen molar-refractivity contribution in [3.05, 3.63) is 30.1 Å². The van der Waals surface area contributed by atoms with E-state index in [0.717, 1.165) is 31.7 Å². The molecule has 3 rings (SSSR count). The first-order valence-electron chi connectivity index (χ1n) is 8.93. The van der Waals surface area contributed by atoms with Gasteiger partial charge in [-0.05, 0) is 49.2 Å². The predicted octanol–water partition coefficient (Wildman–Crippen LogP) is 1.97. The van der Waals surface area contributed by atoms with E-state index in [1.807, 2.05) is 18.2 Å². The van der Waals surface area contributed by atoms with Gasteiger partial charge < -0.3 is 10.6 Å². The van der Waals surface area contributed by atoms with E-state index in [4.69, 9.17) is 0 Å². The number of imide groups is 1. The Morgan fingerprint density at radius 3 is 2.72 bits per heavy atom. The third kappa shape index (κ3) is 3.53. The van der Waals surface area contributed by atoms with Crippen molar-refractivity contribution < 1.29 is 9.59 Å². The van der Waals surface area contributed by atoms with Crippen LogP contribution in [0.5, 0.6) is 0 Å². The molecule has 7 heteroatoms. The lowest BCUT2D eigenvalue weighted by molar-refractivity contribution is -0.134. The highest BCUT2D eigenvalue weighted by molar-refractivity contribution is 7.99. The highest BCUT2D eigenvalue weighted by Gasteiger charge is 2.57. The van der Waals surface area contributed by atoms with Gasteiger partial charge in [0.1, 0.15) is 0 Å². The van der Waals surface area contributed by atoms with E-state index in [1.54, 1.807) is 18.0 Å². The number of piperidine rings is 1. The fraction of sp³-hybridized carbons (Fsp3) is 0.611. The average molecular weight is 362 g/mol. The Bertz CT molecular complexity index is 619. The van der Waals surface area contributed by atoms with Gasteiger partial charge in [0.15, 0.2) is 5.54 Å². The number of hydrogen-bond donors (Lipinski definition) is 2. The lowest BCUT2D eigenvalue weighted by atomic mass is 9.75. The number of nitrogens with one attached hydrogen (secondary N) is 2. The molecule has 2 aliphatic rings. The molecule has 2 N–H and O–H groups in total. The minimum atomic E-state index is -1.02. The fourth-order valence-electron chi connectivity index (χ4n) is 3.69. The largest absolute Gasteiger partial charge is 0.325 e. The van der Waals surface area contributed by atoms with E-state index in [2.05, 4.69) is 29.5 Å². The molecule has 0 aromatic carbocycles. The van der Waals surface area contributed by atoms with Crippen molar-refractivity contribution in [1.82, 2.24) is 20.5 Å². The Hall–Kier alpha value is -1.60. The lowest BCUT2D eigenvalue weighted by Crippen LogP contribution is -2.53. The van der Waals surface area contributed by atoms with Gasteiger partial charge in [0.2, 0.25) is 0 Å². The standard InChI is InChI=1S/C18H26N4O2S/c1-13(2)25-12-11-22-16(23)18(21-17(22)24,14-6-9-19-10-7-14)15-5-3-4-8-20-15/h3-5,8,13-14,19H,6-7,9-12H2,1-2H3,(H,21,24)/t18-/m1/s1. The number of amides is 3. The van der Waals surface area contributed by atoms with Crippen molar-refractivity contribution in [2.75, 3.05) is 25.4 Å². The van der Waals surface area contributed by atoms with Crippen LogP contribution in [0.15, 0.2) is 24.4 Å². The number of aromatic nitrogens is 1. The first-order valence-corrected chi connectivity index (χ1v) is 9.98. The molecule has 136 valence electrons. The molecule has 0 radical (unpaired) electrons. The zero-order valence-corrected chi connectivity index (χ0v) is 15.6. The normalized spacial score (nSPS) is 24.8. The fourth-order valence-corrected chi connectivity index (χ4v) is 4.45. The first kappa shape index (κ1) is 18.2. The number of nitrogens with zero attached hydrogens (tertiary/aromatic N) is 2. The first-order chi connectivity index (χ1) is 12.1. The smallest absolute Gasteiger partial charge is 0.318 e. The predicted molar refractivity (Wildman–Crippen MR) is 99.3 cm³/mol. The van der Waals surface area contributed by atoms with Crippen molar-refractivity contribution in [2.45, 2.75) is 37.5 Å². The number of carbonyl (C=O) groups excluding carboxylic acids is 2. The molecular weight excluding hydrogens is 336 g/mol. The van der Waals surface area contributed by atoms with Gasteiger partial charge in [0, 0.05) is 18.5 Å². The highest BCUT2D eigenvalue weighted by Crippen LogP contribution is 2.39. The van der Waals surface area contributed by atoms with Gasteiger partial charge in [0.05, 0.1) is 5.69 Å². The summed E-state index contributed by atoms with van der Waals surface area (Å²) < 4.78 is 0. The van der Waals surface area contributed by atoms with Crippen LogP contribution in [0.2, 0.25) is 0 Å². The summed E-state index contributed by atoms with van der Waals surface area (Å²) in [6.45, 7) is 6.37. The van der Waals surface area contributed by atoms with Crippen LogP contribution >= 0.6 is 11.8 Å². The zero-order chi connectivity index (χ0) is 17.9. The Morgan fingerprint density at radius 1 is 1.32 bits per heavy atom. The van der Waals surface area contributed by atoms with Crippen LogP contribution in [-0.2, 0) is 10.3 Å². The van der Waals surface area contributed by atoms with Gasteiger partial charge in [-0.3, -0.25) is 14.7 Å². The van der Waals surface area contributed by atoms with Gasteiger partial charge >= 0.3 is 6.03 Å². The van der Waals surface area contributed by atoms with Crippen LogP contribution in [0.3, 0.4) is 0 Å². The van der Waals surface area contributed by atoms with Crippen LogP contribution in [0.4, 0.5) is 4.79 Å². The molecule has 1 aromatic rings. The van der Waals surface area contributed by atoms with Crippen LogP contribution < -0.4 is 10.6 Å². The average Bonchev–Trinajstić information content (AvgIpc) is 2.88. The van der Waals surface area contributed by atoms with Crippen LogP contribution in [0.1, 0.15) is 32.4 Å². The summed E-state index contributed by atoms with van der Waals surface area (Å²) in [4.78, 5) is 31.8. The summed E-state index contributed by atoms with van der Waals surface area (Å²) in [5, 5.41) is 6.84. The number of pyridine rings is 1. The van der Waals surface area contributed by atoms with Crippen molar-refractivity contribution in [2.24, 2.45) is 5.92 Å². The van der Waals surface area contributed by atoms with Gasteiger partial charge in [-0.25, -0.2) is 4.79 Å². The van der Waals surface area contributed by atoms with E-state index in [0.29, 0.717) is 17.5 Å². The number of hydrogen-bond acceptors (Lipinski definition) is 5. The number of thioether (sulfide) groups is 1. The minimum absolute atomic E-state index is 0.0582. The topological polar surface area (TPSA) is 74.3 Å². The van der Waals surface area contributed by atoms with E-state index in [-0.39, 0.29) is 17.9 Å². The van der Waals surface area contributed by atoms with E-state index in [1.165, 1.54) is 4.90 Å². The number of urea groups is 1. The lowest BCUT2D eigenvalue weighted by Gasteiger charge is -2.37. The highest BCUT2D eigenvalue weighted by atomic mass is 32.2. The molecule has 0 unspecified atom stereocenters. The number of rotatable bonds is 6. The molecule has 2 fully saturated rings. The molecule has 3 amide bonds. The van der Waals surface area contributed by atoms with Gasteiger partial charge in [-0.1, -0.05) is 19.9 Å². The molecule has 25 heavy (non-hydrogen) atoms. The number of carbonyl (C=O) groups is 2. The maximum absolute atomic E-state index is 13.4. The third-order valence-corrected chi connectivity index (χ3v) is 6.00. The van der Waals surface area contributed by atoms with Crippen molar-refractivity contribution in [3.63, 3.8) is 0 Å². The van der Waals surface area contributed by atoms with Gasteiger partial charge in [0.25, 0.3) is 5.91 Å². The summed E-state index contributed by atoms with van der Waals surface area (Å²) in [7, 11) is 0. The van der Waals surface area contributed by atoms with Crippen molar-refractivity contribution in [3.8, 4) is 0 Å². The molecule has 6 nitrogen and oxygen atoms in total. The second-order valence-corrected chi connectivity index (χ2v) is 8.54. The molecule has 0 aliphatic carbocycles. The molecule has 2 aliphatic heterocycles. The molecule has 3 heterocycles. The zero-order valence-electron chi connectivity index (χ0n) is 14.8. The summed E-state index contributed by atoms with van der Waals surface area (Å²) in [6.07, 6.45) is 3.38. The third-order valence-electron chi connectivity index (χ3n) is 4.92. The summed E-state index contributed by atoms with van der Waals surface area (Å²) >= 11 is 1.75. The van der Waals surface area contributed by atoms with Crippen LogP contribution in [0, 0.1) is 5.92 Å². The molecule has 0 spiro atoms. The molecular formula is C18H26N4O2S. The Balaban J connectivity index is 1.90. The Morgan fingerprint density at radius 2 is 2.08 bits per heavy atom. The summed E-state index contributed by atoms with van der Waals surface area (Å²) in [6, 6.07) is 5.27. The molecule has 2 saturated heterocycles. The Labute approximate surface area is 153 Å². The van der Waals surface area contributed by atoms with Crippen LogP contribution in [0.25, 0.3) is 0 Å². The summed E-state index contributed by atoms with van der Waals surface area (Å²) in [5.74, 6) is 0.664. The van der Waals surface area contributed by atoms with Crippen molar-refractivity contribution >= 4 is 23.7 Å². The van der Waals surface area contributed by atoms with Gasteiger partial charge in [-0.2, -0.15) is 11.8 Å². The molecule has 0 bridgehead atoms. The summed E-state index contributed by atoms with van der Waals surface area (Å²) in [5.41, 5.74) is -0.373. The SMILES string of the molecule is CC(C)SCCN1C(=O)N[C@@](c2ccccn2)(C2CCNCC2)C1=O. The van der Waals surface area contributed by atoms with E-state index >= 15 is 0 Å². The monoisotopic (exact) mass is 362 g/mol. The molecule has 1 aromatic heterocycles. The second-order valence-electron chi connectivity index (χ2n) is 6.85. The Kier molecular flexibility index (Phi) is 5.64. The quantitative estimate of drug-likeness (QED) is 0.757. The maximum Gasteiger partial charge on any atom is 0.325 e. The molecule has 0 saturated carbocycles. The van der Waals surface area contributed by atoms with E-state index in [9.17, 15) is 9.59 Å². The maximum atomic E-state index is 13.4. The van der Waals surface area contributed by atoms with Crippen LogP contribution in [-0.4, -0.2) is 52.5 Å². The van der Waals surface area contributed by atoms with Crippen molar-refractivity contribution in [1.29, 1.82) is 0 Å². The van der Waals surface area contributed by atoms with E-state index < -0.39 is 5.54 Å². The molecule has 1 atom stereocenters. The van der Waals surface area contributed by atoms with Gasteiger partial charge in [-0.15, -0.1) is 0 Å². The second kappa shape index (κ2) is 7.74. The minimum Gasteiger partial charge on any atom is -0.318 e.